The number of aromatic amines is 1. The second kappa shape index (κ2) is 4.30. The van der Waals surface area contributed by atoms with Crippen molar-refractivity contribution in [3.8, 4) is 0 Å². The molecule has 0 unspecified atom stereocenters. The molecule has 1 rings (SSSR count). The summed E-state index contributed by atoms with van der Waals surface area (Å²) in [6.07, 6.45) is -4.36. The van der Waals surface area contributed by atoms with E-state index in [-0.39, 0.29) is 12.4 Å². The maximum atomic E-state index is 12.0. The summed E-state index contributed by atoms with van der Waals surface area (Å²) in [5.41, 5.74) is -4.10. The van der Waals surface area contributed by atoms with Crippen LogP contribution in [0, 0.1) is 0 Å². The van der Waals surface area contributed by atoms with Crippen molar-refractivity contribution in [1.82, 2.24) is 9.97 Å². The van der Waals surface area contributed by atoms with Gasteiger partial charge in [0.2, 0.25) is 5.69 Å². The summed E-state index contributed by atoms with van der Waals surface area (Å²) in [7, 11) is 0. The number of carboxylic acids is 1. The van der Waals surface area contributed by atoms with Gasteiger partial charge < -0.3 is 10.1 Å². The number of halogens is 4. The van der Waals surface area contributed by atoms with Gasteiger partial charge in [-0.15, -0.1) is 12.4 Å². The number of rotatable bonds is 1. The second-order valence-corrected chi connectivity index (χ2v) is 2.27. The fourth-order valence-electron chi connectivity index (χ4n) is 0.707. The molecule has 0 spiro atoms. The number of H-pyrrole nitrogens is 1. The van der Waals surface area contributed by atoms with E-state index in [2.05, 4.69) is 4.98 Å². The molecule has 1 aromatic rings. The van der Waals surface area contributed by atoms with Crippen LogP contribution in [0.3, 0.4) is 0 Å². The van der Waals surface area contributed by atoms with Crippen molar-refractivity contribution in [2.24, 2.45) is 0 Å². The molecular weight excluding hydrogens is 241 g/mol. The first-order valence-electron chi connectivity index (χ1n) is 3.22. The molecule has 84 valence electrons. The van der Waals surface area contributed by atoms with Crippen LogP contribution in [-0.4, -0.2) is 21.0 Å². The lowest BCUT2D eigenvalue weighted by molar-refractivity contribution is -0.142. The van der Waals surface area contributed by atoms with Gasteiger partial charge in [-0.25, -0.2) is 9.78 Å². The normalized spacial score (nSPS) is 10.6. The Hall–Kier alpha value is -1.57. The molecule has 0 radical (unpaired) electrons. The molecule has 0 amide bonds. The van der Waals surface area contributed by atoms with E-state index in [0.717, 1.165) is 0 Å². The van der Waals surface area contributed by atoms with Gasteiger partial charge >= 0.3 is 12.1 Å². The van der Waals surface area contributed by atoms with Gasteiger partial charge in [-0.3, -0.25) is 4.79 Å². The topological polar surface area (TPSA) is 83.0 Å². The minimum absolute atomic E-state index is 0. The van der Waals surface area contributed by atoms with Crippen LogP contribution in [0.15, 0.2) is 11.0 Å². The Balaban J connectivity index is 0.00000196. The maximum Gasteiger partial charge on any atom is 0.438 e. The largest absolute Gasteiger partial charge is 0.476 e. The Morgan fingerprint density at radius 2 is 2.00 bits per heavy atom. The number of carboxylic acid groups (broad SMARTS) is 1. The molecule has 0 atom stereocenters. The van der Waals surface area contributed by atoms with Crippen LogP contribution in [0.2, 0.25) is 0 Å². The van der Waals surface area contributed by atoms with Gasteiger partial charge in [0.05, 0.1) is 0 Å². The highest BCUT2D eigenvalue weighted by Crippen LogP contribution is 2.24. The molecule has 0 aromatic carbocycles. The number of nitrogens with one attached hydrogen (secondary N) is 1. The quantitative estimate of drug-likeness (QED) is 0.769. The van der Waals surface area contributed by atoms with E-state index < -0.39 is 29.1 Å². The van der Waals surface area contributed by atoms with Crippen LogP contribution < -0.4 is 5.56 Å². The first kappa shape index (κ1) is 13.4. The monoisotopic (exact) mass is 244 g/mol. The molecule has 15 heavy (non-hydrogen) atoms. The van der Waals surface area contributed by atoms with Crippen LogP contribution in [0.1, 0.15) is 16.2 Å². The van der Waals surface area contributed by atoms with Gasteiger partial charge in [0.25, 0.3) is 5.56 Å². The van der Waals surface area contributed by atoms with Gasteiger partial charge in [-0.2, -0.15) is 13.2 Å². The maximum absolute atomic E-state index is 12.0. The highest BCUT2D eigenvalue weighted by atomic mass is 35.5. The second-order valence-electron chi connectivity index (χ2n) is 2.27. The zero-order valence-electron chi connectivity index (χ0n) is 6.83. The molecule has 0 fully saturated rings. The molecule has 1 aromatic heterocycles. The van der Waals surface area contributed by atoms with Crippen molar-refractivity contribution in [3.63, 3.8) is 0 Å². The van der Waals surface area contributed by atoms with E-state index >= 15 is 0 Å². The molecular formula is C6H4ClF3N2O3. The molecule has 1 heterocycles. The molecule has 0 saturated heterocycles. The standard InChI is InChI=1S/C6H3F3N2O3.ClH/c7-6(8,9)3-4(12)10-1-2(11-3)5(13)14;/h1H,(H,10,12)(H,13,14);1H. The summed E-state index contributed by atoms with van der Waals surface area (Å²) in [6, 6.07) is 0. The fourth-order valence-corrected chi connectivity index (χ4v) is 0.707. The predicted molar refractivity (Wildman–Crippen MR) is 44.1 cm³/mol. The molecule has 9 heteroatoms. The van der Waals surface area contributed by atoms with Crippen LogP contribution in [-0.2, 0) is 6.18 Å². The Bertz CT molecular complexity index is 428. The molecule has 0 bridgehead atoms. The number of nitrogens with zero attached hydrogens (tertiary/aromatic N) is 1. The summed E-state index contributed by atoms with van der Waals surface area (Å²) >= 11 is 0. The highest BCUT2D eigenvalue weighted by Gasteiger charge is 2.36. The molecule has 5 nitrogen and oxygen atoms in total. The van der Waals surface area contributed by atoms with Crippen molar-refractivity contribution in [2.75, 3.05) is 0 Å². The molecule has 0 aliphatic carbocycles. The third-order valence-electron chi connectivity index (χ3n) is 1.27. The fraction of sp³-hybridized carbons (Fsp3) is 0.167. The smallest absolute Gasteiger partial charge is 0.438 e. The summed E-state index contributed by atoms with van der Waals surface area (Å²) in [6.45, 7) is 0. The summed E-state index contributed by atoms with van der Waals surface area (Å²) in [4.78, 5) is 25.2. The van der Waals surface area contributed by atoms with E-state index in [1.54, 1.807) is 4.98 Å². The third kappa shape index (κ3) is 2.94. The summed E-state index contributed by atoms with van der Waals surface area (Å²) in [5.74, 6) is -1.65. The minimum Gasteiger partial charge on any atom is -0.476 e. The van der Waals surface area contributed by atoms with E-state index in [1.165, 1.54) is 0 Å². The average Bonchev–Trinajstić information content (AvgIpc) is 2.02. The van der Waals surface area contributed by atoms with E-state index in [0.29, 0.717) is 6.20 Å². The van der Waals surface area contributed by atoms with Crippen molar-refractivity contribution < 1.29 is 23.1 Å². The van der Waals surface area contributed by atoms with Crippen LogP contribution in [0.5, 0.6) is 0 Å². The molecule has 2 N–H and O–H groups in total. The number of hydrogen-bond acceptors (Lipinski definition) is 3. The minimum atomic E-state index is -4.96. The van der Waals surface area contributed by atoms with Gasteiger partial charge in [0.15, 0.2) is 5.69 Å². The number of hydrogen-bond donors (Lipinski definition) is 2. The van der Waals surface area contributed by atoms with Crippen LogP contribution >= 0.6 is 12.4 Å². The van der Waals surface area contributed by atoms with Crippen molar-refractivity contribution in [2.45, 2.75) is 6.18 Å². The summed E-state index contributed by atoms with van der Waals surface area (Å²) in [5, 5.41) is 8.31. The lowest BCUT2D eigenvalue weighted by Gasteiger charge is -2.03. The SMILES string of the molecule is Cl.O=C(O)c1c[nH]c(=O)c(C(F)(F)F)n1. The first-order valence-corrected chi connectivity index (χ1v) is 3.22. The van der Waals surface area contributed by atoms with Gasteiger partial charge in [0, 0.05) is 6.20 Å². The van der Waals surface area contributed by atoms with E-state index in [1.807, 2.05) is 0 Å². The molecule has 0 saturated carbocycles. The number of aromatic carboxylic acids is 1. The van der Waals surface area contributed by atoms with Crippen LogP contribution in [0.25, 0.3) is 0 Å². The Morgan fingerprint density at radius 3 is 2.40 bits per heavy atom. The van der Waals surface area contributed by atoms with Crippen molar-refractivity contribution >= 4 is 18.4 Å². The Morgan fingerprint density at radius 1 is 1.47 bits per heavy atom. The van der Waals surface area contributed by atoms with Gasteiger partial charge in [0.1, 0.15) is 0 Å². The molecule has 0 aliphatic heterocycles. The van der Waals surface area contributed by atoms with Crippen molar-refractivity contribution in [1.29, 1.82) is 0 Å². The zero-order chi connectivity index (χ0) is 10.9. The summed E-state index contributed by atoms with van der Waals surface area (Å²) < 4.78 is 36.1. The Labute approximate surface area is 86.4 Å². The van der Waals surface area contributed by atoms with Crippen molar-refractivity contribution in [3.05, 3.63) is 27.9 Å². The molecule has 0 aliphatic rings. The van der Waals surface area contributed by atoms with Gasteiger partial charge in [-0.05, 0) is 0 Å². The first-order chi connectivity index (χ1) is 6.32. The van der Waals surface area contributed by atoms with E-state index in [4.69, 9.17) is 5.11 Å². The average molecular weight is 245 g/mol. The highest BCUT2D eigenvalue weighted by molar-refractivity contribution is 5.85. The number of carbonyl (C=O) groups is 1. The van der Waals surface area contributed by atoms with E-state index in [9.17, 15) is 22.8 Å². The number of aromatic nitrogens is 2. The zero-order valence-corrected chi connectivity index (χ0v) is 7.65. The lowest BCUT2D eigenvalue weighted by Crippen LogP contribution is -2.25. The van der Waals surface area contributed by atoms with Gasteiger partial charge in [-0.1, -0.05) is 0 Å². The lowest BCUT2D eigenvalue weighted by atomic mass is 10.4. The third-order valence-corrected chi connectivity index (χ3v) is 1.27. The number of alkyl halides is 3. The predicted octanol–water partition coefficient (Wildman–Crippen LogP) is 0.909. The van der Waals surface area contributed by atoms with Crippen LogP contribution in [0.4, 0.5) is 13.2 Å². The Kier molecular flexibility index (Phi) is 3.85.